The van der Waals surface area contributed by atoms with E-state index in [-0.39, 0.29) is 23.9 Å². The van der Waals surface area contributed by atoms with Gasteiger partial charge >= 0.3 is 0 Å². The van der Waals surface area contributed by atoms with Crippen molar-refractivity contribution in [2.24, 2.45) is 0 Å². The summed E-state index contributed by atoms with van der Waals surface area (Å²) in [5, 5.41) is 3.25. The van der Waals surface area contributed by atoms with Gasteiger partial charge in [-0.2, -0.15) is 0 Å². The lowest BCUT2D eigenvalue weighted by atomic mass is 10.1. The molecule has 1 aromatic rings. The van der Waals surface area contributed by atoms with Crippen LogP contribution in [0, 0.1) is 5.82 Å². The average molecular weight is 348 g/mol. The van der Waals surface area contributed by atoms with Gasteiger partial charge in [-0.05, 0) is 37.5 Å². The van der Waals surface area contributed by atoms with Crippen molar-refractivity contribution in [3.8, 4) is 0 Å². The third kappa shape index (κ3) is 5.02. The van der Waals surface area contributed by atoms with Crippen LogP contribution in [0.1, 0.15) is 57.1 Å². The Hall–Kier alpha value is -1.46. The van der Waals surface area contributed by atoms with Crippen molar-refractivity contribution in [1.29, 1.82) is 0 Å². The van der Waals surface area contributed by atoms with Crippen molar-refractivity contribution in [3.63, 3.8) is 0 Å². The highest BCUT2D eigenvalue weighted by molar-refractivity contribution is 5.81. The van der Waals surface area contributed by atoms with E-state index in [2.05, 4.69) is 10.2 Å². The summed E-state index contributed by atoms with van der Waals surface area (Å²) in [5.74, 6) is -0.126. The van der Waals surface area contributed by atoms with Gasteiger partial charge in [-0.15, -0.1) is 0 Å². The minimum Gasteiger partial charge on any atom is -0.371 e. The molecular weight excluding hydrogens is 319 g/mol. The van der Waals surface area contributed by atoms with Crippen molar-refractivity contribution in [1.82, 2.24) is 10.2 Å². The Balaban J connectivity index is 1.56. The Morgan fingerprint density at radius 3 is 2.56 bits per heavy atom. The lowest BCUT2D eigenvalue weighted by molar-refractivity contribution is -0.130. The normalized spacial score (nSPS) is 24.5. The third-order valence-corrected chi connectivity index (χ3v) is 5.47. The highest BCUT2D eigenvalue weighted by atomic mass is 19.1. The van der Waals surface area contributed by atoms with Crippen molar-refractivity contribution in [3.05, 3.63) is 35.6 Å². The van der Waals surface area contributed by atoms with Crippen molar-refractivity contribution < 1.29 is 13.9 Å². The highest BCUT2D eigenvalue weighted by Gasteiger charge is 2.29. The summed E-state index contributed by atoms with van der Waals surface area (Å²) in [4.78, 5) is 14.8. The van der Waals surface area contributed by atoms with Crippen molar-refractivity contribution >= 4 is 5.91 Å². The SMILES string of the molecule is C[C@@H](C(=O)NC1CCCCCC1)N1CCO[C@@H](c2ccc(F)cc2)C1. The maximum Gasteiger partial charge on any atom is 0.237 e. The summed E-state index contributed by atoms with van der Waals surface area (Å²) in [6.45, 7) is 3.96. The van der Waals surface area contributed by atoms with Gasteiger partial charge in [0.15, 0.2) is 0 Å². The first-order valence-electron chi connectivity index (χ1n) is 9.55. The second-order valence-corrected chi connectivity index (χ2v) is 7.28. The molecule has 1 aromatic carbocycles. The number of rotatable bonds is 4. The van der Waals surface area contributed by atoms with Gasteiger partial charge in [0, 0.05) is 19.1 Å². The number of ether oxygens (including phenoxy) is 1. The molecule has 5 heteroatoms. The van der Waals surface area contributed by atoms with E-state index in [1.807, 2.05) is 6.92 Å². The quantitative estimate of drug-likeness (QED) is 0.848. The van der Waals surface area contributed by atoms with Gasteiger partial charge in [0.25, 0.3) is 0 Å². The van der Waals surface area contributed by atoms with Crippen LogP contribution < -0.4 is 5.32 Å². The molecule has 1 aliphatic carbocycles. The molecule has 1 aliphatic heterocycles. The molecule has 1 N–H and O–H groups in total. The zero-order chi connectivity index (χ0) is 17.6. The number of nitrogens with zero attached hydrogens (tertiary/aromatic N) is 1. The maximum atomic E-state index is 13.1. The number of halogens is 1. The van der Waals surface area contributed by atoms with E-state index in [1.165, 1.54) is 37.8 Å². The van der Waals surface area contributed by atoms with Crippen LogP contribution in [-0.2, 0) is 9.53 Å². The number of carbonyl (C=O) groups excluding carboxylic acids is 1. The standard InChI is InChI=1S/C20H29FN2O2/c1-15(20(24)22-18-6-4-2-3-5-7-18)23-12-13-25-19(14-23)16-8-10-17(21)11-9-16/h8-11,15,18-19H,2-7,12-14H2,1H3,(H,22,24)/t15-,19+/m0/s1. The number of hydrogen-bond donors (Lipinski definition) is 1. The van der Waals surface area contributed by atoms with Crippen LogP contribution in [0.5, 0.6) is 0 Å². The number of nitrogens with one attached hydrogen (secondary N) is 1. The number of benzene rings is 1. The van der Waals surface area contributed by atoms with E-state index >= 15 is 0 Å². The maximum absolute atomic E-state index is 13.1. The molecular formula is C20H29FN2O2. The Kier molecular flexibility index (Phi) is 6.43. The van der Waals surface area contributed by atoms with Crippen LogP contribution in [0.3, 0.4) is 0 Å². The van der Waals surface area contributed by atoms with E-state index in [1.54, 1.807) is 12.1 Å². The topological polar surface area (TPSA) is 41.6 Å². The van der Waals surface area contributed by atoms with Crippen molar-refractivity contribution in [2.75, 3.05) is 19.7 Å². The molecule has 2 fully saturated rings. The van der Waals surface area contributed by atoms with Crippen molar-refractivity contribution in [2.45, 2.75) is 63.6 Å². The van der Waals surface area contributed by atoms with Crippen LogP contribution in [0.15, 0.2) is 24.3 Å². The van der Waals surface area contributed by atoms with E-state index in [0.717, 1.165) is 24.9 Å². The Morgan fingerprint density at radius 2 is 1.88 bits per heavy atom. The van der Waals surface area contributed by atoms with Gasteiger partial charge in [-0.1, -0.05) is 37.8 Å². The average Bonchev–Trinajstić information content (AvgIpc) is 2.90. The van der Waals surface area contributed by atoms with E-state index in [0.29, 0.717) is 19.2 Å². The second kappa shape index (κ2) is 8.77. The Morgan fingerprint density at radius 1 is 1.20 bits per heavy atom. The molecule has 138 valence electrons. The molecule has 1 saturated carbocycles. The van der Waals surface area contributed by atoms with Crippen LogP contribution in [0.25, 0.3) is 0 Å². The van der Waals surface area contributed by atoms with E-state index in [4.69, 9.17) is 4.74 Å². The fraction of sp³-hybridized carbons (Fsp3) is 0.650. The first-order chi connectivity index (χ1) is 12.1. The highest BCUT2D eigenvalue weighted by Crippen LogP contribution is 2.24. The zero-order valence-corrected chi connectivity index (χ0v) is 15.0. The summed E-state index contributed by atoms with van der Waals surface area (Å²) in [6, 6.07) is 6.60. The molecule has 1 amide bonds. The lowest BCUT2D eigenvalue weighted by Crippen LogP contribution is -2.52. The molecule has 3 rings (SSSR count). The summed E-state index contributed by atoms with van der Waals surface area (Å²) in [6.07, 6.45) is 7.07. The van der Waals surface area contributed by atoms with Crippen LogP contribution in [-0.4, -0.2) is 42.6 Å². The van der Waals surface area contributed by atoms with Gasteiger partial charge < -0.3 is 10.1 Å². The molecule has 4 nitrogen and oxygen atoms in total. The van der Waals surface area contributed by atoms with Gasteiger partial charge in [-0.25, -0.2) is 4.39 Å². The molecule has 0 aromatic heterocycles. The minimum absolute atomic E-state index is 0.109. The predicted molar refractivity (Wildman–Crippen MR) is 95.8 cm³/mol. The number of morpholine rings is 1. The van der Waals surface area contributed by atoms with E-state index < -0.39 is 0 Å². The second-order valence-electron chi connectivity index (χ2n) is 7.28. The Labute approximate surface area is 149 Å². The molecule has 2 aliphatic rings. The summed E-state index contributed by atoms with van der Waals surface area (Å²) in [5.41, 5.74) is 0.961. The van der Waals surface area contributed by atoms with Crippen LogP contribution in [0.2, 0.25) is 0 Å². The number of carbonyl (C=O) groups is 1. The van der Waals surface area contributed by atoms with E-state index in [9.17, 15) is 9.18 Å². The minimum atomic E-state index is -0.243. The monoisotopic (exact) mass is 348 g/mol. The van der Waals surface area contributed by atoms with Gasteiger partial charge in [0.1, 0.15) is 5.82 Å². The molecule has 1 saturated heterocycles. The fourth-order valence-corrected chi connectivity index (χ4v) is 3.81. The molecule has 0 unspecified atom stereocenters. The number of hydrogen-bond acceptors (Lipinski definition) is 3. The molecule has 2 atom stereocenters. The number of amides is 1. The molecule has 0 spiro atoms. The first-order valence-corrected chi connectivity index (χ1v) is 9.55. The summed E-state index contributed by atoms with van der Waals surface area (Å²) in [7, 11) is 0. The van der Waals surface area contributed by atoms with Gasteiger partial charge in [-0.3, -0.25) is 9.69 Å². The molecule has 1 heterocycles. The van der Waals surface area contributed by atoms with Gasteiger partial charge in [0.05, 0.1) is 18.8 Å². The van der Waals surface area contributed by atoms with Crippen LogP contribution in [0.4, 0.5) is 4.39 Å². The largest absolute Gasteiger partial charge is 0.371 e. The lowest BCUT2D eigenvalue weighted by Gasteiger charge is -2.36. The predicted octanol–water partition coefficient (Wildman–Crippen LogP) is 3.43. The van der Waals surface area contributed by atoms with Crippen LogP contribution >= 0.6 is 0 Å². The fourth-order valence-electron chi connectivity index (χ4n) is 3.81. The Bertz CT molecular complexity index is 555. The molecule has 0 radical (unpaired) electrons. The molecule has 0 bridgehead atoms. The smallest absolute Gasteiger partial charge is 0.237 e. The third-order valence-electron chi connectivity index (χ3n) is 5.47. The summed E-state index contributed by atoms with van der Waals surface area (Å²) < 4.78 is 18.9. The summed E-state index contributed by atoms with van der Waals surface area (Å²) >= 11 is 0. The first kappa shape index (κ1) is 18.3. The van der Waals surface area contributed by atoms with Gasteiger partial charge in [0.2, 0.25) is 5.91 Å². The zero-order valence-electron chi connectivity index (χ0n) is 15.0. The molecule has 25 heavy (non-hydrogen) atoms.